The van der Waals surface area contributed by atoms with Gasteiger partial charge in [0.2, 0.25) is 0 Å². The van der Waals surface area contributed by atoms with Gasteiger partial charge in [-0.15, -0.1) is 0 Å². The van der Waals surface area contributed by atoms with Crippen molar-refractivity contribution in [3.8, 4) is 5.75 Å². The molecule has 1 rings (SSSR count). The first-order chi connectivity index (χ1) is 8.04. The molecule has 0 heterocycles. The van der Waals surface area contributed by atoms with Crippen LogP contribution in [0.1, 0.15) is 10.4 Å². The van der Waals surface area contributed by atoms with Gasteiger partial charge in [-0.2, -0.15) is 0 Å². The van der Waals surface area contributed by atoms with Gasteiger partial charge in [-0.3, -0.25) is 4.79 Å². The van der Waals surface area contributed by atoms with Crippen molar-refractivity contribution < 1.29 is 24.2 Å². The molecule has 0 unspecified atom stereocenters. The average Bonchev–Trinajstić information content (AvgIpc) is 2.28. The molecule has 0 aromatic heterocycles. The second-order valence-corrected chi connectivity index (χ2v) is 4.01. The van der Waals surface area contributed by atoms with Crippen LogP contribution in [0.4, 0.5) is 0 Å². The zero-order valence-corrected chi connectivity index (χ0v) is 10.7. The first-order valence-corrected chi connectivity index (χ1v) is 5.50. The van der Waals surface area contributed by atoms with E-state index in [1.54, 1.807) is 18.2 Å². The molecule has 0 saturated heterocycles. The van der Waals surface area contributed by atoms with Crippen LogP contribution in [-0.2, 0) is 9.53 Å². The number of carbonyl (C=O) groups excluding carboxylic acids is 1. The number of Topliss-reactive ketones (excluding diaryl/α,β-unsaturated/α-hetero) is 1. The Labute approximate surface area is 106 Å². The van der Waals surface area contributed by atoms with Gasteiger partial charge in [-0.05, 0) is 34.1 Å². The van der Waals surface area contributed by atoms with E-state index in [-0.39, 0.29) is 12.4 Å². The van der Waals surface area contributed by atoms with Gasteiger partial charge in [0.15, 0.2) is 5.78 Å². The lowest BCUT2D eigenvalue weighted by atomic mass is 10.1. The van der Waals surface area contributed by atoms with Crippen LogP contribution in [-0.4, -0.2) is 37.2 Å². The van der Waals surface area contributed by atoms with Crippen molar-refractivity contribution in [3.63, 3.8) is 0 Å². The number of hydrogen-bond acceptors (Lipinski definition) is 4. The lowest BCUT2D eigenvalue weighted by Gasteiger charge is -2.05. The number of rotatable bonds is 6. The highest BCUT2D eigenvalue weighted by molar-refractivity contribution is 9.10. The molecule has 0 radical (unpaired) electrons. The molecule has 0 amide bonds. The summed E-state index contributed by atoms with van der Waals surface area (Å²) in [7, 11) is 1.53. The van der Waals surface area contributed by atoms with Gasteiger partial charge in [0.25, 0.3) is 0 Å². The van der Waals surface area contributed by atoms with E-state index in [4.69, 9.17) is 14.6 Å². The van der Waals surface area contributed by atoms with E-state index < -0.39 is 12.6 Å². The zero-order valence-electron chi connectivity index (χ0n) is 9.10. The van der Waals surface area contributed by atoms with Crippen LogP contribution >= 0.6 is 15.9 Å². The fraction of sp³-hybridized carbons (Fsp3) is 0.273. The van der Waals surface area contributed by atoms with Crippen molar-refractivity contribution in [2.45, 2.75) is 0 Å². The SMILES string of the molecule is COc1ccc(C(=O)COCC(=O)O)cc1Br. The third-order valence-corrected chi connectivity index (χ3v) is 2.55. The summed E-state index contributed by atoms with van der Waals surface area (Å²) in [6, 6.07) is 4.84. The summed E-state index contributed by atoms with van der Waals surface area (Å²) in [6.45, 7) is -0.742. The number of carbonyl (C=O) groups is 2. The molecule has 0 bridgehead atoms. The molecule has 0 aliphatic carbocycles. The summed E-state index contributed by atoms with van der Waals surface area (Å²) in [5.41, 5.74) is 0.433. The largest absolute Gasteiger partial charge is 0.496 e. The van der Waals surface area contributed by atoms with Crippen LogP contribution in [0.3, 0.4) is 0 Å². The molecule has 1 aromatic rings. The molecular weight excluding hydrogens is 292 g/mol. The summed E-state index contributed by atoms with van der Waals surface area (Å²) in [5.74, 6) is -0.767. The lowest BCUT2D eigenvalue weighted by Crippen LogP contribution is -2.14. The van der Waals surface area contributed by atoms with Crippen LogP contribution in [0, 0.1) is 0 Å². The van der Waals surface area contributed by atoms with Crippen molar-refractivity contribution in [3.05, 3.63) is 28.2 Å². The van der Waals surface area contributed by atoms with E-state index in [9.17, 15) is 9.59 Å². The van der Waals surface area contributed by atoms with Gasteiger partial charge in [0.05, 0.1) is 11.6 Å². The number of halogens is 1. The number of carboxylic acids is 1. The summed E-state index contributed by atoms with van der Waals surface area (Å²) < 4.78 is 10.4. The molecule has 5 nitrogen and oxygen atoms in total. The van der Waals surface area contributed by atoms with Crippen LogP contribution < -0.4 is 4.74 Å². The Balaban J connectivity index is 2.63. The minimum atomic E-state index is -1.10. The second-order valence-electron chi connectivity index (χ2n) is 3.16. The third-order valence-electron chi connectivity index (χ3n) is 1.93. The summed E-state index contributed by atoms with van der Waals surface area (Å²) in [5, 5.41) is 8.35. The smallest absolute Gasteiger partial charge is 0.329 e. The maximum Gasteiger partial charge on any atom is 0.329 e. The molecule has 1 aromatic carbocycles. The maximum atomic E-state index is 11.6. The van der Waals surface area contributed by atoms with Gasteiger partial charge >= 0.3 is 5.97 Å². The summed E-state index contributed by atoms with van der Waals surface area (Å²) >= 11 is 3.25. The Morgan fingerprint density at radius 1 is 1.35 bits per heavy atom. The monoisotopic (exact) mass is 302 g/mol. The van der Waals surface area contributed by atoms with Crippen molar-refractivity contribution in [2.24, 2.45) is 0 Å². The minimum absolute atomic E-state index is 0.259. The molecule has 0 spiro atoms. The Bertz CT molecular complexity index is 430. The molecule has 6 heteroatoms. The first kappa shape index (κ1) is 13.7. The summed E-state index contributed by atoms with van der Waals surface area (Å²) in [4.78, 5) is 21.8. The molecule has 1 N–H and O–H groups in total. The topological polar surface area (TPSA) is 72.8 Å². The van der Waals surface area contributed by atoms with E-state index in [0.717, 1.165) is 0 Å². The van der Waals surface area contributed by atoms with E-state index >= 15 is 0 Å². The van der Waals surface area contributed by atoms with E-state index in [0.29, 0.717) is 15.8 Å². The second kappa shape index (κ2) is 6.36. The van der Waals surface area contributed by atoms with Crippen molar-refractivity contribution >= 4 is 27.7 Å². The Morgan fingerprint density at radius 2 is 2.06 bits per heavy atom. The van der Waals surface area contributed by atoms with Crippen molar-refractivity contribution in [1.29, 1.82) is 0 Å². The highest BCUT2D eigenvalue weighted by Crippen LogP contribution is 2.25. The van der Waals surface area contributed by atoms with Gasteiger partial charge in [0.1, 0.15) is 19.0 Å². The summed E-state index contributed by atoms with van der Waals surface area (Å²) in [6.07, 6.45) is 0. The number of methoxy groups -OCH3 is 1. The third kappa shape index (κ3) is 4.16. The number of carboxylic acid groups (broad SMARTS) is 1. The van der Waals surface area contributed by atoms with Crippen LogP contribution in [0.25, 0.3) is 0 Å². The first-order valence-electron chi connectivity index (χ1n) is 4.71. The van der Waals surface area contributed by atoms with Gasteiger partial charge in [-0.25, -0.2) is 4.79 Å². The van der Waals surface area contributed by atoms with Crippen LogP contribution in [0.15, 0.2) is 22.7 Å². The van der Waals surface area contributed by atoms with E-state index in [1.165, 1.54) is 7.11 Å². The number of benzene rings is 1. The van der Waals surface area contributed by atoms with E-state index in [2.05, 4.69) is 15.9 Å². The Kier molecular flexibility index (Phi) is 5.11. The predicted molar refractivity (Wildman–Crippen MR) is 63.5 cm³/mol. The van der Waals surface area contributed by atoms with E-state index in [1.807, 2.05) is 0 Å². The van der Waals surface area contributed by atoms with Gasteiger partial charge < -0.3 is 14.6 Å². The number of ketones is 1. The van der Waals surface area contributed by atoms with Gasteiger partial charge in [0, 0.05) is 5.56 Å². The molecule has 0 aliphatic heterocycles. The maximum absolute atomic E-state index is 11.6. The molecule has 0 atom stereocenters. The molecule has 0 saturated carbocycles. The quantitative estimate of drug-likeness (QED) is 0.810. The van der Waals surface area contributed by atoms with Gasteiger partial charge in [-0.1, -0.05) is 0 Å². The number of aliphatic carboxylic acids is 1. The Hall–Kier alpha value is -1.40. The molecule has 0 aliphatic rings. The predicted octanol–water partition coefficient (Wildman–Crippen LogP) is 1.74. The van der Waals surface area contributed by atoms with Crippen molar-refractivity contribution in [2.75, 3.05) is 20.3 Å². The minimum Gasteiger partial charge on any atom is -0.496 e. The molecular formula is C11H11BrO5. The highest BCUT2D eigenvalue weighted by atomic mass is 79.9. The number of hydrogen-bond donors (Lipinski definition) is 1. The average molecular weight is 303 g/mol. The van der Waals surface area contributed by atoms with Crippen LogP contribution in [0.5, 0.6) is 5.75 Å². The standard InChI is InChI=1S/C11H11BrO5/c1-16-10-3-2-7(4-8(10)12)9(13)5-17-6-11(14)15/h2-4H,5-6H2,1H3,(H,14,15). The normalized spacial score (nSPS) is 10.0. The van der Waals surface area contributed by atoms with Crippen molar-refractivity contribution in [1.82, 2.24) is 0 Å². The fourth-order valence-corrected chi connectivity index (χ4v) is 1.69. The Morgan fingerprint density at radius 3 is 2.59 bits per heavy atom. The molecule has 0 fully saturated rings. The number of ether oxygens (including phenoxy) is 2. The highest BCUT2D eigenvalue weighted by Gasteiger charge is 2.09. The fourth-order valence-electron chi connectivity index (χ4n) is 1.15. The zero-order chi connectivity index (χ0) is 12.8. The molecule has 92 valence electrons. The molecule has 17 heavy (non-hydrogen) atoms. The lowest BCUT2D eigenvalue weighted by molar-refractivity contribution is -0.141. The van der Waals surface area contributed by atoms with Crippen LogP contribution in [0.2, 0.25) is 0 Å².